The number of hydrogen-bond donors (Lipinski definition) is 1. The predicted molar refractivity (Wildman–Crippen MR) is 124 cm³/mol. The van der Waals surface area contributed by atoms with E-state index in [1.54, 1.807) is 12.1 Å². The molecule has 1 spiro atoms. The lowest BCUT2D eigenvalue weighted by atomic mass is 9.85. The number of hydrogen-bond acceptors (Lipinski definition) is 4. The smallest absolute Gasteiger partial charge is 0.247 e. The summed E-state index contributed by atoms with van der Waals surface area (Å²) in [6.45, 7) is 2.76. The van der Waals surface area contributed by atoms with E-state index in [1.165, 1.54) is 12.1 Å². The number of rotatable bonds is 4. The predicted octanol–water partition coefficient (Wildman–Crippen LogP) is 4.47. The van der Waals surface area contributed by atoms with Gasteiger partial charge in [-0.15, -0.1) is 0 Å². The molecular formula is C25H24ClFN4O. The molecule has 2 saturated heterocycles. The van der Waals surface area contributed by atoms with Gasteiger partial charge >= 0.3 is 0 Å². The van der Waals surface area contributed by atoms with E-state index in [0.717, 1.165) is 47.2 Å². The number of amides is 1. The molecule has 0 radical (unpaired) electrons. The summed E-state index contributed by atoms with van der Waals surface area (Å²) in [7, 11) is 0. The monoisotopic (exact) mass is 450 g/mol. The van der Waals surface area contributed by atoms with Gasteiger partial charge in [0.15, 0.2) is 0 Å². The van der Waals surface area contributed by atoms with Gasteiger partial charge in [-0.25, -0.2) is 4.39 Å². The molecule has 2 aliphatic heterocycles. The van der Waals surface area contributed by atoms with E-state index >= 15 is 0 Å². The molecule has 1 amide bonds. The van der Waals surface area contributed by atoms with E-state index in [4.69, 9.17) is 11.6 Å². The third-order valence-corrected chi connectivity index (χ3v) is 6.79. The molecule has 3 heterocycles. The standard InChI is InChI=1S/C25H24ClFN4O/c26-20-3-1-18(2-4-20)19-9-12-28-22(15-19)16-30-13-10-25(11-14-30)24(32)29-17-31(25)23-7-5-21(27)6-8-23/h1-9,12,15H,10-11,13-14,16-17H2,(H,29,32). The molecule has 3 aromatic rings. The van der Waals surface area contributed by atoms with E-state index in [0.29, 0.717) is 19.5 Å². The maximum Gasteiger partial charge on any atom is 0.247 e. The molecule has 0 unspecified atom stereocenters. The lowest BCUT2D eigenvalue weighted by Gasteiger charge is -2.43. The van der Waals surface area contributed by atoms with Crippen LogP contribution in [0.4, 0.5) is 10.1 Å². The zero-order chi connectivity index (χ0) is 22.1. The molecule has 7 heteroatoms. The van der Waals surface area contributed by atoms with Crippen LogP contribution >= 0.6 is 11.6 Å². The minimum absolute atomic E-state index is 0.0596. The maximum absolute atomic E-state index is 13.4. The van der Waals surface area contributed by atoms with Crippen molar-refractivity contribution >= 4 is 23.2 Å². The molecule has 0 saturated carbocycles. The van der Waals surface area contributed by atoms with Crippen molar-refractivity contribution in [3.8, 4) is 11.1 Å². The molecule has 164 valence electrons. The van der Waals surface area contributed by atoms with E-state index < -0.39 is 5.54 Å². The lowest BCUT2D eigenvalue weighted by molar-refractivity contribution is -0.125. The van der Waals surface area contributed by atoms with E-state index in [1.807, 2.05) is 36.5 Å². The average Bonchev–Trinajstić information content (AvgIpc) is 3.12. The Morgan fingerprint density at radius 1 is 1.00 bits per heavy atom. The Morgan fingerprint density at radius 2 is 1.72 bits per heavy atom. The van der Waals surface area contributed by atoms with Gasteiger partial charge < -0.3 is 10.2 Å². The molecule has 0 bridgehead atoms. The van der Waals surface area contributed by atoms with E-state index in [9.17, 15) is 9.18 Å². The van der Waals surface area contributed by atoms with Crippen molar-refractivity contribution in [3.05, 3.63) is 83.4 Å². The summed E-state index contributed by atoms with van der Waals surface area (Å²) in [6, 6.07) is 18.3. The number of aromatic nitrogens is 1. The minimum Gasteiger partial charge on any atom is -0.339 e. The number of carbonyl (C=O) groups is 1. The molecule has 2 fully saturated rings. The van der Waals surface area contributed by atoms with Crippen LogP contribution in [0.2, 0.25) is 5.02 Å². The van der Waals surface area contributed by atoms with Crippen LogP contribution in [-0.4, -0.2) is 41.1 Å². The van der Waals surface area contributed by atoms with E-state index in [2.05, 4.69) is 26.2 Å². The van der Waals surface area contributed by atoms with Gasteiger partial charge in [0.2, 0.25) is 5.91 Å². The summed E-state index contributed by atoms with van der Waals surface area (Å²) in [5.41, 5.74) is 3.51. The Labute approximate surface area is 191 Å². The fourth-order valence-corrected chi connectivity index (χ4v) is 4.87. The van der Waals surface area contributed by atoms with Crippen LogP contribution in [-0.2, 0) is 11.3 Å². The first-order valence-electron chi connectivity index (χ1n) is 10.8. The molecular weight excluding hydrogens is 427 g/mol. The van der Waals surface area contributed by atoms with Gasteiger partial charge in [0.1, 0.15) is 11.4 Å². The highest BCUT2D eigenvalue weighted by molar-refractivity contribution is 6.30. The SMILES string of the molecule is O=C1NCN(c2ccc(F)cc2)C12CCN(Cc1cc(-c3ccc(Cl)cc3)ccn1)CC2. The maximum atomic E-state index is 13.4. The number of piperidine rings is 1. The van der Waals surface area contributed by atoms with Gasteiger partial charge in [-0.05, 0) is 72.5 Å². The van der Waals surface area contributed by atoms with Gasteiger partial charge in [0.25, 0.3) is 0 Å². The Balaban J connectivity index is 1.28. The van der Waals surface area contributed by atoms with E-state index in [-0.39, 0.29) is 11.7 Å². The largest absolute Gasteiger partial charge is 0.339 e. The number of halogens is 2. The topological polar surface area (TPSA) is 48.5 Å². The van der Waals surface area contributed by atoms with Gasteiger partial charge in [-0.1, -0.05) is 23.7 Å². The van der Waals surface area contributed by atoms with Crippen LogP contribution in [0.5, 0.6) is 0 Å². The average molecular weight is 451 g/mol. The van der Waals surface area contributed by atoms with Crippen molar-refractivity contribution in [3.63, 3.8) is 0 Å². The first-order chi connectivity index (χ1) is 15.5. The summed E-state index contributed by atoms with van der Waals surface area (Å²) in [6.07, 6.45) is 3.27. The van der Waals surface area contributed by atoms with Crippen LogP contribution in [0, 0.1) is 5.82 Å². The Hall–Kier alpha value is -2.96. The summed E-state index contributed by atoms with van der Waals surface area (Å²) in [5.74, 6) is -0.214. The van der Waals surface area contributed by atoms with Crippen LogP contribution < -0.4 is 10.2 Å². The lowest BCUT2D eigenvalue weighted by Crippen LogP contribution is -2.56. The molecule has 5 rings (SSSR count). The number of carbonyl (C=O) groups excluding carboxylic acids is 1. The van der Waals surface area contributed by atoms with Gasteiger partial charge in [0.05, 0.1) is 12.4 Å². The summed E-state index contributed by atoms with van der Waals surface area (Å²) in [4.78, 5) is 21.8. The Bertz CT molecular complexity index is 1110. The number of benzene rings is 2. The third-order valence-electron chi connectivity index (χ3n) is 6.54. The van der Waals surface area contributed by atoms with Crippen LogP contribution in [0.1, 0.15) is 18.5 Å². The number of nitrogens with one attached hydrogen (secondary N) is 1. The molecule has 5 nitrogen and oxygen atoms in total. The second kappa shape index (κ2) is 8.52. The van der Waals surface area contributed by atoms with Crippen LogP contribution in [0.3, 0.4) is 0 Å². The minimum atomic E-state index is -0.576. The molecule has 2 aromatic carbocycles. The molecule has 32 heavy (non-hydrogen) atoms. The molecule has 0 atom stereocenters. The number of nitrogens with zero attached hydrogens (tertiary/aromatic N) is 3. The number of likely N-dealkylation sites (tertiary alicyclic amines) is 1. The Kier molecular flexibility index (Phi) is 5.57. The zero-order valence-corrected chi connectivity index (χ0v) is 18.4. The molecule has 0 aliphatic carbocycles. The summed E-state index contributed by atoms with van der Waals surface area (Å²) >= 11 is 6.01. The number of anilines is 1. The zero-order valence-electron chi connectivity index (χ0n) is 17.6. The number of pyridine rings is 1. The first kappa shape index (κ1) is 20.9. The van der Waals surface area contributed by atoms with Gasteiger partial charge in [0, 0.05) is 36.5 Å². The van der Waals surface area contributed by atoms with Crippen molar-refractivity contribution in [2.75, 3.05) is 24.7 Å². The highest BCUT2D eigenvalue weighted by Gasteiger charge is 2.50. The fourth-order valence-electron chi connectivity index (χ4n) is 4.74. The third kappa shape index (κ3) is 3.96. The normalized spacial score (nSPS) is 18.2. The van der Waals surface area contributed by atoms with Crippen LogP contribution in [0.25, 0.3) is 11.1 Å². The summed E-state index contributed by atoms with van der Waals surface area (Å²) < 4.78 is 13.4. The van der Waals surface area contributed by atoms with Crippen molar-refractivity contribution in [1.29, 1.82) is 0 Å². The molecule has 2 aliphatic rings. The van der Waals surface area contributed by atoms with Gasteiger partial charge in [-0.2, -0.15) is 0 Å². The Morgan fingerprint density at radius 3 is 2.44 bits per heavy atom. The molecule has 1 aromatic heterocycles. The second-order valence-corrected chi connectivity index (χ2v) is 8.86. The first-order valence-corrected chi connectivity index (χ1v) is 11.2. The highest BCUT2D eigenvalue weighted by Crippen LogP contribution is 2.36. The van der Waals surface area contributed by atoms with Crippen molar-refractivity contribution in [1.82, 2.24) is 15.2 Å². The summed E-state index contributed by atoms with van der Waals surface area (Å²) in [5, 5.41) is 3.71. The van der Waals surface area contributed by atoms with Crippen molar-refractivity contribution < 1.29 is 9.18 Å². The molecule has 1 N–H and O–H groups in total. The second-order valence-electron chi connectivity index (χ2n) is 8.42. The highest BCUT2D eigenvalue weighted by atomic mass is 35.5. The van der Waals surface area contributed by atoms with Gasteiger partial charge in [-0.3, -0.25) is 14.7 Å². The van der Waals surface area contributed by atoms with Crippen LogP contribution in [0.15, 0.2) is 66.9 Å². The quantitative estimate of drug-likeness (QED) is 0.637. The fraction of sp³-hybridized carbons (Fsp3) is 0.280. The van der Waals surface area contributed by atoms with Crippen molar-refractivity contribution in [2.45, 2.75) is 24.9 Å². The van der Waals surface area contributed by atoms with Crippen molar-refractivity contribution in [2.24, 2.45) is 0 Å².